The van der Waals surface area contributed by atoms with Gasteiger partial charge in [-0.15, -0.1) is 0 Å². The van der Waals surface area contributed by atoms with Crippen LogP contribution in [-0.2, 0) is 23.6 Å². The number of likely N-dealkylation sites (tertiary alicyclic amines) is 1. The van der Waals surface area contributed by atoms with Crippen LogP contribution < -0.4 is 5.32 Å². The van der Waals surface area contributed by atoms with Gasteiger partial charge in [-0.3, -0.25) is 0 Å². The molecule has 1 atom stereocenters. The molecule has 1 saturated heterocycles. The van der Waals surface area contributed by atoms with E-state index in [9.17, 15) is 13.2 Å². The molecule has 29 heavy (non-hydrogen) atoms. The third-order valence-corrected chi connectivity index (χ3v) is 7.61. The molecule has 0 radical (unpaired) electrons. The van der Waals surface area contributed by atoms with Crippen LogP contribution in [0.5, 0.6) is 0 Å². The summed E-state index contributed by atoms with van der Waals surface area (Å²) >= 11 is 0. The smallest absolute Gasteiger partial charge is 0.318 e. The van der Waals surface area contributed by atoms with Crippen LogP contribution in [0.2, 0.25) is 0 Å². The summed E-state index contributed by atoms with van der Waals surface area (Å²) in [7, 11) is -1.47. The second-order valence-corrected chi connectivity index (χ2v) is 9.23. The highest BCUT2D eigenvalue weighted by atomic mass is 32.2. The average molecular weight is 419 g/mol. The van der Waals surface area contributed by atoms with Crippen molar-refractivity contribution < 1.29 is 13.2 Å². The number of sulfonamides is 1. The molecule has 2 amide bonds. The molecule has 1 fully saturated rings. The molecule has 0 spiro atoms. The van der Waals surface area contributed by atoms with Crippen molar-refractivity contribution in [2.45, 2.75) is 44.2 Å². The Balaban J connectivity index is 1.63. The third-order valence-electron chi connectivity index (χ3n) is 5.55. The lowest BCUT2D eigenvalue weighted by Gasteiger charge is -2.25. The molecular formula is C21H30N4O3S. The zero-order valence-electron chi connectivity index (χ0n) is 17.3. The Morgan fingerprint density at radius 2 is 1.86 bits per heavy atom. The van der Waals surface area contributed by atoms with E-state index >= 15 is 0 Å². The Kier molecular flexibility index (Phi) is 6.64. The summed E-state index contributed by atoms with van der Waals surface area (Å²) in [5.41, 5.74) is 2.01. The van der Waals surface area contributed by atoms with Crippen LogP contribution in [0, 0.1) is 0 Å². The summed E-state index contributed by atoms with van der Waals surface area (Å²) in [5.74, 6) is 0. The topological polar surface area (TPSA) is 74.7 Å². The van der Waals surface area contributed by atoms with E-state index in [1.165, 1.54) is 4.31 Å². The lowest BCUT2D eigenvalue weighted by atomic mass is 10.1. The van der Waals surface area contributed by atoms with Gasteiger partial charge < -0.3 is 14.8 Å². The first-order chi connectivity index (χ1) is 13.9. The fourth-order valence-electron chi connectivity index (χ4n) is 3.91. The Labute approximate surface area is 173 Å². The number of benzene rings is 1. The molecule has 0 saturated carbocycles. The summed E-state index contributed by atoms with van der Waals surface area (Å²) in [4.78, 5) is 14.9. The lowest BCUT2D eigenvalue weighted by molar-refractivity contribution is 0.191. The monoisotopic (exact) mass is 418 g/mol. The molecule has 1 aliphatic heterocycles. The molecular weight excluding hydrogens is 388 g/mol. The minimum Gasteiger partial charge on any atom is -0.353 e. The van der Waals surface area contributed by atoms with Gasteiger partial charge in [0.15, 0.2) is 0 Å². The van der Waals surface area contributed by atoms with Gasteiger partial charge >= 0.3 is 6.03 Å². The van der Waals surface area contributed by atoms with E-state index < -0.39 is 10.0 Å². The van der Waals surface area contributed by atoms with Gasteiger partial charge in [0.25, 0.3) is 0 Å². The number of aromatic nitrogens is 1. The summed E-state index contributed by atoms with van der Waals surface area (Å²) < 4.78 is 28.6. The van der Waals surface area contributed by atoms with Crippen molar-refractivity contribution in [1.29, 1.82) is 0 Å². The molecule has 7 nitrogen and oxygen atoms in total. The molecule has 0 bridgehead atoms. The van der Waals surface area contributed by atoms with Crippen LogP contribution in [0.15, 0.2) is 47.5 Å². The minimum atomic E-state index is -3.46. The van der Waals surface area contributed by atoms with Crippen molar-refractivity contribution in [3.8, 4) is 0 Å². The maximum Gasteiger partial charge on any atom is 0.318 e. The molecule has 0 aliphatic carbocycles. The molecule has 1 aliphatic rings. The minimum absolute atomic E-state index is 0.0893. The summed E-state index contributed by atoms with van der Waals surface area (Å²) in [6.07, 6.45) is 3.95. The van der Waals surface area contributed by atoms with Crippen LogP contribution in [-0.4, -0.2) is 47.9 Å². The number of hydrogen-bond donors (Lipinski definition) is 1. The van der Waals surface area contributed by atoms with E-state index in [1.807, 2.05) is 38.1 Å². The second-order valence-electron chi connectivity index (χ2n) is 7.29. The van der Waals surface area contributed by atoms with E-state index in [1.54, 1.807) is 24.3 Å². The quantitative estimate of drug-likeness (QED) is 0.751. The number of aryl methyl sites for hydroxylation is 1. The van der Waals surface area contributed by atoms with Crippen molar-refractivity contribution in [2.24, 2.45) is 7.05 Å². The molecule has 1 unspecified atom stereocenters. The van der Waals surface area contributed by atoms with Gasteiger partial charge in [-0.05, 0) is 42.7 Å². The number of amides is 2. The molecule has 1 aromatic heterocycles. The van der Waals surface area contributed by atoms with Crippen LogP contribution in [0.1, 0.15) is 44.0 Å². The van der Waals surface area contributed by atoms with Crippen molar-refractivity contribution in [3.63, 3.8) is 0 Å². The number of carbonyl (C=O) groups is 1. The molecule has 8 heteroatoms. The third kappa shape index (κ3) is 4.48. The first-order valence-corrected chi connectivity index (χ1v) is 11.6. The highest BCUT2D eigenvalue weighted by Gasteiger charge is 2.31. The van der Waals surface area contributed by atoms with Gasteiger partial charge in [0.05, 0.1) is 10.9 Å². The Morgan fingerprint density at radius 1 is 1.17 bits per heavy atom. The fourth-order valence-corrected chi connectivity index (χ4v) is 5.37. The van der Waals surface area contributed by atoms with Crippen molar-refractivity contribution in [2.75, 3.05) is 19.6 Å². The van der Waals surface area contributed by atoms with E-state index in [2.05, 4.69) is 16.0 Å². The normalized spacial score (nSPS) is 17.1. The molecule has 3 rings (SSSR count). The molecule has 1 aromatic carbocycles. The van der Waals surface area contributed by atoms with Crippen molar-refractivity contribution in [1.82, 2.24) is 19.1 Å². The Morgan fingerprint density at radius 3 is 2.45 bits per heavy atom. The first kappa shape index (κ1) is 21.4. The number of urea groups is 1. The zero-order valence-corrected chi connectivity index (χ0v) is 18.2. The summed E-state index contributed by atoms with van der Waals surface area (Å²) in [6.45, 7) is 5.63. The number of hydrogen-bond acceptors (Lipinski definition) is 3. The molecule has 1 N–H and O–H groups in total. The SMILES string of the molecule is CCN(CC)S(=O)(=O)c1ccc(CNC(=O)N2CCCC2c2cccn2C)cc1. The molecule has 158 valence electrons. The van der Waals surface area contributed by atoms with Crippen molar-refractivity contribution >= 4 is 16.1 Å². The molecule has 2 heterocycles. The van der Waals surface area contributed by atoms with Gasteiger partial charge in [0.1, 0.15) is 0 Å². The lowest BCUT2D eigenvalue weighted by Crippen LogP contribution is -2.39. The number of nitrogens with one attached hydrogen (secondary N) is 1. The largest absolute Gasteiger partial charge is 0.353 e. The van der Waals surface area contributed by atoms with Crippen LogP contribution >= 0.6 is 0 Å². The van der Waals surface area contributed by atoms with Crippen LogP contribution in [0.25, 0.3) is 0 Å². The van der Waals surface area contributed by atoms with Crippen molar-refractivity contribution in [3.05, 3.63) is 53.9 Å². The Hall–Kier alpha value is -2.32. The highest BCUT2D eigenvalue weighted by molar-refractivity contribution is 7.89. The highest BCUT2D eigenvalue weighted by Crippen LogP contribution is 2.31. The fraction of sp³-hybridized carbons (Fsp3) is 0.476. The second kappa shape index (κ2) is 9.00. The van der Waals surface area contributed by atoms with E-state index in [4.69, 9.17) is 0 Å². The number of rotatable bonds is 7. The zero-order chi connectivity index (χ0) is 21.0. The van der Waals surface area contributed by atoms with Crippen LogP contribution in [0.4, 0.5) is 4.79 Å². The summed E-state index contributed by atoms with van der Waals surface area (Å²) in [5, 5.41) is 2.97. The van der Waals surface area contributed by atoms with Gasteiger partial charge in [-0.25, -0.2) is 13.2 Å². The van der Waals surface area contributed by atoms with E-state index in [-0.39, 0.29) is 17.0 Å². The maximum absolute atomic E-state index is 12.7. The summed E-state index contributed by atoms with van der Waals surface area (Å²) in [6, 6.07) is 10.8. The number of nitrogens with zero attached hydrogens (tertiary/aromatic N) is 3. The van der Waals surface area contributed by atoms with Gasteiger partial charge in [-0.2, -0.15) is 4.31 Å². The maximum atomic E-state index is 12.7. The van der Waals surface area contributed by atoms with Gasteiger partial charge in [0.2, 0.25) is 10.0 Å². The standard InChI is InChI=1S/C21H30N4O3S/c1-4-24(5-2)29(27,28)18-12-10-17(11-13-18)16-22-21(26)25-15-7-9-20(25)19-8-6-14-23(19)3/h6,8,10-14,20H,4-5,7,9,15-16H2,1-3H3,(H,22,26). The van der Waals surface area contributed by atoms with Gasteiger partial charge in [0, 0.05) is 45.1 Å². The number of carbonyl (C=O) groups excluding carboxylic acids is 1. The van der Waals surface area contributed by atoms with E-state index in [0.717, 1.165) is 30.6 Å². The van der Waals surface area contributed by atoms with Gasteiger partial charge in [-0.1, -0.05) is 26.0 Å². The van der Waals surface area contributed by atoms with Crippen LogP contribution in [0.3, 0.4) is 0 Å². The predicted molar refractivity (Wildman–Crippen MR) is 113 cm³/mol. The predicted octanol–water partition coefficient (Wildman–Crippen LogP) is 3.10. The first-order valence-electron chi connectivity index (χ1n) is 10.1. The average Bonchev–Trinajstić information content (AvgIpc) is 3.35. The van der Waals surface area contributed by atoms with E-state index in [0.29, 0.717) is 19.6 Å². The Bertz CT molecular complexity index is 933. The molecule has 2 aromatic rings.